The van der Waals surface area contributed by atoms with Crippen molar-refractivity contribution in [3.8, 4) is 0 Å². The molecule has 0 aromatic rings. The van der Waals surface area contributed by atoms with Crippen molar-refractivity contribution in [3.05, 3.63) is 12.2 Å². The number of nitrogens with two attached hydrogens (primary N) is 2. The third-order valence-electron chi connectivity index (χ3n) is 3.39. The molecule has 0 rings (SSSR count). The highest BCUT2D eigenvalue weighted by Crippen LogP contribution is 2.07. The van der Waals surface area contributed by atoms with Crippen molar-refractivity contribution < 1.29 is 4.74 Å². The standard InChI is InChI=1S/C17H36N2O/c18-14-10-8-6-4-2-1-3-5-7-9-12-16-20-17-13-11-15-19/h2,4H,1,3,5-19H2/b4-2-. The highest BCUT2D eigenvalue weighted by Gasteiger charge is 1.92. The second-order valence-corrected chi connectivity index (χ2v) is 5.42. The fourth-order valence-electron chi connectivity index (χ4n) is 2.09. The van der Waals surface area contributed by atoms with E-state index in [1.54, 1.807) is 0 Å². The summed E-state index contributed by atoms with van der Waals surface area (Å²) in [6.07, 6.45) is 18.2. The summed E-state index contributed by atoms with van der Waals surface area (Å²) in [5.74, 6) is 0. The van der Waals surface area contributed by atoms with Gasteiger partial charge in [-0.05, 0) is 64.5 Å². The van der Waals surface area contributed by atoms with Gasteiger partial charge in [0.2, 0.25) is 0 Å². The zero-order valence-electron chi connectivity index (χ0n) is 13.3. The van der Waals surface area contributed by atoms with Crippen molar-refractivity contribution in [1.29, 1.82) is 0 Å². The smallest absolute Gasteiger partial charge is 0.0466 e. The second-order valence-electron chi connectivity index (χ2n) is 5.42. The lowest BCUT2D eigenvalue weighted by Crippen LogP contribution is -2.02. The van der Waals surface area contributed by atoms with Crippen molar-refractivity contribution in [3.63, 3.8) is 0 Å². The van der Waals surface area contributed by atoms with Crippen molar-refractivity contribution in [2.45, 2.75) is 70.6 Å². The highest BCUT2D eigenvalue weighted by molar-refractivity contribution is 4.81. The molecule has 0 fully saturated rings. The Morgan fingerprint density at radius 1 is 0.550 bits per heavy atom. The molecule has 0 bridgehead atoms. The molecule has 0 aliphatic rings. The number of hydrogen-bond acceptors (Lipinski definition) is 3. The summed E-state index contributed by atoms with van der Waals surface area (Å²) in [6.45, 7) is 3.41. The molecule has 0 heterocycles. The van der Waals surface area contributed by atoms with Gasteiger partial charge in [-0.25, -0.2) is 0 Å². The summed E-state index contributed by atoms with van der Waals surface area (Å²) in [5, 5.41) is 0. The molecule has 3 heteroatoms. The molecule has 0 aromatic heterocycles. The van der Waals surface area contributed by atoms with Crippen LogP contribution in [0.5, 0.6) is 0 Å². The van der Waals surface area contributed by atoms with Crippen LogP contribution in [0.2, 0.25) is 0 Å². The number of ether oxygens (including phenoxy) is 1. The molecule has 0 amide bonds. The topological polar surface area (TPSA) is 61.3 Å². The van der Waals surface area contributed by atoms with Gasteiger partial charge in [0.1, 0.15) is 0 Å². The number of unbranched alkanes of at least 4 members (excludes halogenated alkanes) is 8. The van der Waals surface area contributed by atoms with Gasteiger partial charge in [0.25, 0.3) is 0 Å². The third-order valence-corrected chi connectivity index (χ3v) is 3.39. The first-order valence-corrected chi connectivity index (χ1v) is 8.54. The third kappa shape index (κ3) is 17.6. The van der Waals surface area contributed by atoms with Crippen molar-refractivity contribution in [1.82, 2.24) is 0 Å². The summed E-state index contributed by atoms with van der Waals surface area (Å²) in [6, 6.07) is 0. The van der Waals surface area contributed by atoms with Crippen LogP contribution in [-0.4, -0.2) is 26.3 Å². The van der Waals surface area contributed by atoms with Crippen LogP contribution in [0.3, 0.4) is 0 Å². The average Bonchev–Trinajstić information content (AvgIpc) is 2.47. The molecule has 0 radical (unpaired) electrons. The van der Waals surface area contributed by atoms with Crippen LogP contribution in [0.25, 0.3) is 0 Å². The van der Waals surface area contributed by atoms with Crippen LogP contribution >= 0.6 is 0 Å². The number of rotatable bonds is 16. The van der Waals surface area contributed by atoms with Crippen LogP contribution in [0, 0.1) is 0 Å². The monoisotopic (exact) mass is 284 g/mol. The van der Waals surface area contributed by atoms with E-state index in [0.717, 1.165) is 45.6 Å². The zero-order chi connectivity index (χ0) is 14.7. The van der Waals surface area contributed by atoms with Crippen molar-refractivity contribution in [2.75, 3.05) is 26.3 Å². The molecule has 0 atom stereocenters. The first-order chi connectivity index (χ1) is 9.91. The normalized spacial score (nSPS) is 11.5. The molecule has 0 aliphatic heterocycles. The molecular weight excluding hydrogens is 248 g/mol. The van der Waals surface area contributed by atoms with Gasteiger partial charge in [-0.1, -0.05) is 31.4 Å². The van der Waals surface area contributed by atoms with E-state index in [2.05, 4.69) is 12.2 Å². The van der Waals surface area contributed by atoms with Gasteiger partial charge in [-0.3, -0.25) is 0 Å². The Morgan fingerprint density at radius 3 is 1.65 bits per heavy atom. The minimum atomic E-state index is 0.783. The molecule has 0 aromatic carbocycles. The molecule has 0 saturated heterocycles. The molecular formula is C17H36N2O. The van der Waals surface area contributed by atoms with E-state index in [0.29, 0.717) is 0 Å². The van der Waals surface area contributed by atoms with E-state index >= 15 is 0 Å². The first kappa shape index (κ1) is 19.6. The van der Waals surface area contributed by atoms with Crippen LogP contribution in [-0.2, 0) is 4.74 Å². The van der Waals surface area contributed by atoms with E-state index in [4.69, 9.17) is 16.2 Å². The maximum Gasteiger partial charge on any atom is 0.0466 e. The second kappa shape index (κ2) is 18.6. The Bertz CT molecular complexity index is 195. The predicted octanol–water partition coefficient (Wildman–Crippen LogP) is 3.77. The lowest BCUT2D eigenvalue weighted by atomic mass is 10.1. The maximum atomic E-state index is 5.55. The molecule has 0 spiro atoms. The van der Waals surface area contributed by atoms with Crippen LogP contribution in [0.15, 0.2) is 12.2 Å². The summed E-state index contributed by atoms with van der Waals surface area (Å²) in [7, 11) is 0. The summed E-state index contributed by atoms with van der Waals surface area (Å²) >= 11 is 0. The first-order valence-electron chi connectivity index (χ1n) is 8.54. The maximum absolute atomic E-state index is 5.55. The van der Waals surface area contributed by atoms with Crippen LogP contribution in [0.1, 0.15) is 70.6 Å². The van der Waals surface area contributed by atoms with Crippen LogP contribution < -0.4 is 11.5 Å². The highest BCUT2D eigenvalue weighted by atomic mass is 16.5. The van der Waals surface area contributed by atoms with E-state index in [1.165, 1.54) is 51.4 Å². The number of allylic oxidation sites excluding steroid dienone is 2. The Hall–Kier alpha value is -0.380. The average molecular weight is 284 g/mol. The molecule has 0 saturated carbocycles. The molecule has 4 N–H and O–H groups in total. The van der Waals surface area contributed by atoms with Crippen molar-refractivity contribution in [2.24, 2.45) is 11.5 Å². The van der Waals surface area contributed by atoms with E-state index in [9.17, 15) is 0 Å². The number of hydrogen-bond donors (Lipinski definition) is 2. The zero-order valence-corrected chi connectivity index (χ0v) is 13.3. The van der Waals surface area contributed by atoms with Gasteiger partial charge >= 0.3 is 0 Å². The fraction of sp³-hybridized carbons (Fsp3) is 0.882. The summed E-state index contributed by atoms with van der Waals surface area (Å²) in [5.41, 5.74) is 10.9. The fourth-order valence-corrected chi connectivity index (χ4v) is 2.09. The van der Waals surface area contributed by atoms with E-state index in [1.807, 2.05) is 0 Å². The van der Waals surface area contributed by atoms with Crippen molar-refractivity contribution >= 4 is 0 Å². The van der Waals surface area contributed by atoms with Gasteiger partial charge in [0, 0.05) is 13.2 Å². The van der Waals surface area contributed by atoms with Gasteiger partial charge < -0.3 is 16.2 Å². The Morgan fingerprint density at radius 2 is 1.00 bits per heavy atom. The van der Waals surface area contributed by atoms with Gasteiger partial charge in [0.05, 0.1) is 0 Å². The van der Waals surface area contributed by atoms with Gasteiger partial charge in [-0.2, -0.15) is 0 Å². The predicted molar refractivity (Wildman–Crippen MR) is 88.9 cm³/mol. The summed E-state index contributed by atoms with van der Waals surface area (Å²) < 4.78 is 5.55. The largest absolute Gasteiger partial charge is 0.381 e. The Kier molecular flexibility index (Phi) is 18.3. The molecule has 0 aliphatic carbocycles. The molecule has 120 valence electrons. The molecule has 3 nitrogen and oxygen atoms in total. The van der Waals surface area contributed by atoms with E-state index in [-0.39, 0.29) is 0 Å². The molecule has 20 heavy (non-hydrogen) atoms. The summed E-state index contributed by atoms with van der Waals surface area (Å²) in [4.78, 5) is 0. The van der Waals surface area contributed by atoms with E-state index < -0.39 is 0 Å². The minimum Gasteiger partial charge on any atom is -0.381 e. The Labute approximate surface area is 126 Å². The lowest BCUT2D eigenvalue weighted by molar-refractivity contribution is 0.126. The Balaban J connectivity index is 2.99. The molecule has 0 unspecified atom stereocenters. The quantitative estimate of drug-likeness (QED) is 0.335. The van der Waals surface area contributed by atoms with Crippen LogP contribution in [0.4, 0.5) is 0 Å². The minimum absolute atomic E-state index is 0.783. The lowest BCUT2D eigenvalue weighted by Gasteiger charge is -2.03. The van der Waals surface area contributed by atoms with Gasteiger partial charge in [0.15, 0.2) is 0 Å². The SMILES string of the molecule is NCCCC/C=C\CCCCCCCOCCCCN. The van der Waals surface area contributed by atoms with Gasteiger partial charge in [-0.15, -0.1) is 0 Å².